The summed E-state index contributed by atoms with van der Waals surface area (Å²) in [7, 11) is 1.35. The van der Waals surface area contributed by atoms with Crippen LogP contribution in [0.4, 0.5) is 15.8 Å². The molecule has 0 aliphatic carbocycles. The van der Waals surface area contributed by atoms with Crippen molar-refractivity contribution in [2.24, 2.45) is 4.99 Å². The fourth-order valence-corrected chi connectivity index (χ4v) is 5.49. The van der Waals surface area contributed by atoms with Gasteiger partial charge in [0, 0.05) is 27.4 Å². The summed E-state index contributed by atoms with van der Waals surface area (Å²) in [5, 5.41) is 22.7. The highest BCUT2D eigenvalue weighted by atomic mass is 32.1. The molecule has 0 spiro atoms. The third kappa shape index (κ3) is 4.29. The van der Waals surface area contributed by atoms with E-state index in [2.05, 4.69) is 15.5 Å². The molecule has 0 amide bonds. The summed E-state index contributed by atoms with van der Waals surface area (Å²) < 4.78 is 20.1. The molecule has 184 valence electrons. The monoisotopic (exact) mass is 505 g/mol. The highest BCUT2D eigenvalue weighted by Crippen LogP contribution is 2.40. The molecule has 1 aliphatic rings. The number of nitrogens with one attached hydrogen (secondary N) is 1. The number of aryl methyl sites for hydroxylation is 1. The van der Waals surface area contributed by atoms with Crippen LogP contribution in [0.15, 0.2) is 53.5 Å². The first-order valence-corrected chi connectivity index (χ1v) is 12.1. The van der Waals surface area contributed by atoms with Crippen molar-refractivity contribution >= 4 is 34.4 Å². The van der Waals surface area contributed by atoms with E-state index in [4.69, 9.17) is 9.73 Å². The van der Waals surface area contributed by atoms with Gasteiger partial charge in [-0.2, -0.15) is 0 Å². The van der Waals surface area contributed by atoms with Gasteiger partial charge >= 0.3 is 5.97 Å². The molecule has 10 heteroatoms. The molecule has 0 fully saturated rings. The average molecular weight is 506 g/mol. The molecule has 0 saturated heterocycles. The topological polar surface area (TPSA) is 102 Å². The zero-order valence-corrected chi connectivity index (χ0v) is 20.8. The third-order valence-electron chi connectivity index (χ3n) is 6.12. The van der Waals surface area contributed by atoms with Crippen LogP contribution in [0.3, 0.4) is 0 Å². The Morgan fingerprint density at radius 1 is 1.11 bits per heavy atom. The first-order chi connectivity index (χ1) is 17.4. The molecule has 5 rings (SSSR count). The molecule has 8 nitrogen and oxygen atoms in total. The van der Waals surface area contributed by atoms with E-state index in [0.29, 0.717) is 17.4 Å². The van der Waals surface area contributed by atoms with Crippen molar-refractivity contribution in [2.75, 3.05) is 12.4 Å². The Morgan fingerprint density at radius 3 is 2.42 bits per heavy atom. The van der Waals surface area contributed by atoms with E-state index in [1.54, 1.807) is 12.1 Å². The maximum absolute atomic E-state index is 13.2. The Bertz CT molecular complexity index is 1460. The molecular weight excluding hydrogens is 481 g/mol. The fraction of sp³-hybridized carbons (Fsp3) is 0.231. The number of fused-ring (bicyclic) bond motifs is 3. The summed E-state index contributed by atoms with van der Waals surface area (Å²) in [6, 6.07) is 13.3. The zero-order chi connectivity index (χ0) is 25.4. The van der Waals surface area contributed by atoms with E-state index in [0.717, 1.165) is 37.9 Å². The largest absolute Gasteiger partial charge is 0.469 e. The third-order valence-corrected chi connectivity index (χ3v) is 7.38. The summed E-state index contributed by atoms with van der Waals surface area (Å²) in [5.74, 6) is 0.530. The molecule has 2 aromatic carbocycles. The van der Waals surface area contributed by atoms with E-state index < -0.39 is 12.0 Å². The number of esters is 1. The van der Waals surface area contributed by atoms with Gasteiger partial charge in [0.25, 0.3) is 0 Å². The first kappa shape index (κ1) is 23.8. The van der Waals surface area contributed by atoms with Gasteiger partial charge in [-0.25, -0.2) is 4.39 Å². The maximum atomic E-state index is 13.2. The number of carbonyl (C=O) groups is 1. The normalized spacial score (nSPS) is 14.5. The number of ether oxygens (including phenoxy) is 1. The first-order valence-electron chi connectivity index (χ1n) is 11.3. The minimum Gasteiger partial charge on any atom is -0.469 e. The smallest absolute Gasteiger partial charge is 0.308 e. The van der Waals surface area contributed by atoms with E-state index in [-0.39, 0.29) is 18.8 Å². The predicted octanol–water partition coefficient (Wildman–Crippen LogP) is 4.78. The van der Waals surface area contributed by atoms with Crippen LogP contribution in [0.5, 0.6) is 0 Å². The number of anilines is 2. The number of hydrogen-bond acceptors (Lipinski definition) is 8. The molecule has 4 aromatic rings. The zero-order valence-electron chi connectivity index (χ0n) is 19.9. The SMILES string of the molecule is COC(=O)C[C@@H]1N=C(c2ccc(Nc3ccc(F)cc3)cc2)c2c(sc(CO)c2C)-n2c(C)nnc21. The molecule has 1 aliphatic heterocycles. The second kappa shape index (κ2) is 9.63. The van der Waals surface area contributed by atoms with Crippen LogP contribution in [-0.2, 0) is 16.1 Å². The molecule has 0 saturated carbocycles. The van der Waals surface area contributed by atoms with E-state index >= 15 is 0 Å². The van der Waals surface area contributed by atoms with Crippen molar-refractivity contribution < 1.29 is 19.0 Å². The Hall–Kier alpha value is -3.89. The lowest BCUT2D eigenvalue weighted by molar-refractivity contribution is -0.141. The van der Waals surface area contributed by atoms with Gasteiger partial charge in [-0.3, -0.25) is 14.4 Å². The number of rotatable bonds is 6. The predicted molar refractivity (Wildman–Crippen MR) is 136 cm³/mol. The van der Waals surface area contributed by atoms with Crippen LogP contribution in [0.25, 0.3) is 5.00 Å². The highest BCUT2D eigenvalue weighted by molar-refractivity contribution is 7.15. The number of benzene rings is 2. The van der Waals surface area contributed by atoms with Crippen molar-refractivity contribution in [3.05, 3.63) is 87.6 Å². The van der Waals surface area contributed by atoms with Crippen LogP contribution in [0.2, 0.25) is 0 Å². The second-order valence-corrected chi connectivity index (χ2v) is 9.50. The molecule has 0 bridgehead atoms. The Kier molecular flexibility index (Phi) is 6.38. The van der Waals surface area contributed by atoms with Crippen LogP contribution >= 0.6 is 11.3 Å². The van der Waals surface area contributed by atoms with Gasteiger partial charge in [-0.1, -0.05) is 12.1 Å². The minimum absolute atomic E-state index is 0.0170. The van der Waals surface area contributed by atoms with Crippen molar-refractivity contribution in [1.82, 2.24) is 14.8 Å². The van der Waals surface area contributed by atoms with Gasteiger partial charge in [-0.05, 0) is 55.8 Å². The van der Waals surface area contributed by atoms with Gasteiger partial charge < -0.3 is 15.2 Å². The molecular formula is C26H24FN5O3S. The number of aliphatic hydroxyl groups excluding tert-OH is 1. The van der Waals surface area contributed by atoms with E-state index in [1.807, 2.05) is 42.7 Å². The van der Waals surface area contributed by atoms with E-state index in [9.17, 15) is 14.3 Å². The number of aliphatic imine (C=N–C) groups is 1. The number of aromatic nitrogens is 3. The van der Waals surface area contributed by atoms with Gasteiger partial charge in [0.05, 0.1) is 25.8 Å². The Morgan fingerprint density at radius 2 is 1.78 bits per heavy atom. The highest BCUT2D eigenvalue weighted by Gasteiger charge is 2.33. The Labute approximate surface area is 211 Å². The second-order valence-electron chi connectivity index (χ2n) is 8.41. The Balaban J connectivity index is 1.61. The molecule has 2 N–H and O–H groups in total. The van der Waals surface area contributed by atoms with E-state index in [1.165, 1.54) is 30.6 Å². The number of nitrogens with zero attached hydrogens (tertiary/aromatic N) is 4. The lowest BCUT2D eigenvalue weighted by Crippen LogP contribution is -2.12. The molecule has 1 atom stereocenters. The number of thiophene rings is 1. The van der Waals surface area contributed by atoms with Crippen LogP contribution in [0.1, 0.15) is 45.7 Å². The molecule has 2 aromatic heterocycles. The molecule has 0 radical (unpaired) electrons. The van der Waals surface area contributed by atoms with Crippen LogP contribution in [-0.4, -0.2) is 38.7 Å². The lowest BCUT2D eigenvalue weighted by atomic mass is 9.99. The summed E-state index contributed by atoms with van der Waals surface area (Å²) in [6.45, 7) is 3.71. The summed E-state index contributed by atoms with van der Waals surface area (Å²) in [6.07, 6.45) is 0.0170. The fourth-order valence-electron chi connectivity index (χ4n) is 4.26. The van der Waals surface area contributed by atoms with Gasteiger partial charge in [0.15, 0.2) is 5.82 Å². The standard InChI is InChI=1S/C26H24FN5O3S/c1-14-21(13-33)36-26-23(14)24(29-20(12-22(34)35-3)25-31-30-15(2)32(25)26)16-4-8-18(9-5-16)28-19-10-6-17(27)7-11-19/h4-11,20,28,33H,12-13H2,1-3H3/t20-/m0/s1. The summed E-state index contributed by atoms with van der Waals surface area (Å²) >= 11 is 1.46. The number of hydrogen-bond donors (Lipinski definition) is 2. The molecule has 0 unspecified atom stereocenters. The van der Waals surface area contributed by atoms with Crippen molar-refractivity contribution in [3.63, 3.8) is 0 Å². The van der Waals surface area contributed by atoms with Gasteiger partial charge in [-0.15, -0.1) is 21.5 Å². The van der Waals surface area contributed by atoms with Crippen molar-refractivity contribution in [1.29, 1.82) is 0 Å². The minimum atomic E-state index is -0.595. The number of halogens is 1. The van der Waals surface area contributed by atoms with Crippen LogP contribution < -0.4 is 5.32 Å². The summed E-state index contributed by atoms with van der Waals surface area (Å²) in [5.41, 5.74) is 4.94. The van der Waals surface area contributed by atoms with Crippen molar-refractivity contribution in [3.8, 4) is 5.00 Å². The average Bonchev–Trinajstić information content (AvgIpc) is 3.38. The lowest BCUT2D eigenvalue weighted by Gasteiger charge is -2.12. The number of carbonyl (C=O) groups excluding carboxylic acids is 1. The van der Waals surface area contributed by atoms with Crippen LogP contribution in [0, 0.1) is 19.7 Å². The van der Waals surface area contributed by atoms with Gasteiger partial charge in [0.1, 0.15) is 22.7 Å². The summed E-state index contributed by atoms with van der Waals surface area (Å²) in [4.78, 5) is 18.1. The van der Waals surface area contributed by atoms with Crippen molar-refractivity contribution in [2.45, 2.75) is 32.9 Å². The quantitative estimate of drug-likeness (QED) is 0.366. The van der Waals surface area contributed by atoms with Gasteiger partial charge in [0.2, 0.25) is 0 Å². The maximum Gasteiger partial charge on any atom is 0.308 e. The molecule has 3 heterocycles. The number of aliphatic hydroxyl groups is 1. The number of methoxy groups -OCH3 is 1. The molecule has 36 heavy (non-hydrogen) atoms.